The van der Waals surface area contributed by atoms with E-state index in [0.29, 0.717) is 5.82 Å². The van der Waals surface area contributed by atoms with Crippen molar-refractivity contribution in [2.24, 2.45) is 0 Å². The van der Waals surface area contributed by atoms with Crippen molar-refractivity contribution in [3.63, 3.8) is 0 Å². The van der Waals surface area contributed by atoms with Crippen molar-refractivity contribution in [1.82, 2.24) is 19.1 Å². The molecule has 0 spiro atoms. The molecule has 2 aromatic carbocycles. The summed E-state index contributed by atoms with van der Waals surface area (Å²) in [6, 6.07) is 14.4. The number of hydrogen-bond donors (Lipinski definition) is 1. The molecule has 4 rings (SSSR count). The van der Waals surface area contributed by atoms with Gasteiger partial charge in [-0.2, -0.15) is 5.10 Å². The summed E-state index contributed by atoms with van der Waals surface area (Å²) < 4.78 is 43.5. The Hall–Kier alpha value is -2.78. The van der Waals surface area contributed by atoms with E-state index in [-0.39, 0.29) is 24.7 Å². The number of benzene rings is 2. The van der Waals surface area contributed by atoms with Crippen LogP contribution in [-0.4, -0.2) is 29.3 Å². The first kappa shape index (κ1) is 18.6. The number of halogens is 1. The fourth-order valence-electron chi connectivity index (χ4n) is 3.02. The number of sulfonamides is 1. The van der Waals surface area contributed by atoms with Crippen LogP contribution in [0.25, 0.3) is 5.69 Å². The van der Waals surface area contributed by atoms with Crippen molar-refractivity contribution in [2.75, 3.05) is 6.54 Å². The highest BCUT2D eigenvalue weighted by molar-refractivity contribution is 7.89. The Morgan fingerprint density at radius 3 is 2.43 bits per heavy atom. The summed E-state index contributed by atoms with van der Waals surface area (Å²) in [6.45, 7) is -0.0292. The predicted molar refractivity (Wildman–Crippen MR) is 101 cm³/mol. The monoisotopic (exact) mass is 402 g/mol. The van der Waals surface area contributed by atoms with E-state index in [1.165, 1.54) is 22.9 Å². The minimum Gasteiger partial charge on any atom is -0.247 e. The highest BCUT2D eigenvalue weighted by atomic mass is 32.2. The molecule has 7 nitrogen and oxygen atoms in total. The zero-order valence-electron chi connectivity index (χ0n) is 15.0. The van der Waals surface area contributed by atoms with Crippen LogP contribution in [0.3, 0.4) is 0 Å². The number of rotatable bonds is 7. The molecule has 0 aliphatic heterocycles. The quantitative estimate of drug-likeness (QED) is 0.655. The first-order valence-corrected chi connectivity index (χ1v) is 10.4. The largest absolute Gasteiger partial charge is 0.350 e. The molecule has 3 aromatic rings. The molecule has 0 bridgehead atoms. The number of nitrogens with zero attached hydrogens (tertiary/aromatic N) is 3. The molecule has 1 aliphatic carbocycles. The molecular formula is C19H19FN4O3S. The molecule has 0 amide bonds. The summed E-state index contributed by atoms with van der Waals surface area (Å²) in [5.41, 5.74) is 0.408. The van der Waals surface area contributed by atoms with Crippen LogP contribution in [0.4, 0.5) is 4.39 Å². The summed E-state index contributed by atoms with van der Waals surface area (Å²) in [7, 11) is -4.01. The molecule has 146 valence electrons. The first-order chi connectivity index (χ1) is 13.5. The topological polar surface area (TPSA) is 86.0 Å². The third kappa shape index (κ3) is 3.63. The number of para-hydroxylation sites is 1. The van der Waals surface area contributed by atoms with Crippen molar-refractivity contribution in [2.45, 2.75) is 30.2 Å². The fraction of sp³-hybridized carbons (Fsp3) is 0.263. The van der Waals surface area contributed by atoms with Gasteiger partial charge in [0.2, 0.25) is 10.0 Å². The lowest BCUT2D eigenvalue weighted by molar-refractivity contribution is 0.539. The van der Waals surface area contributed by atoms with Crippen LogP contribution in [0.1, 0.15) is 24.6 Å². The van der Waals surface area contributed by atoms with Gasteiger partial charge >= 0.3 is 5.69 Å². The van der Waals surface area contributed by atoms with Gasteiger partial charge in [0.1, 0.15) is 16.5 Å². The Morgan fingerprint density at radius 1 is 1.07 bits per heavy atom. The molecule has 1 N–H and O–H groups in total. The van der Waals surface area contributed by atoms with Crippen LogP contribution in [0, 0.1) is 5.82 Å². The average Bonchev–Trinajstić information content (AvgIpc) is 3.47. The Labute approximate surface area is 161 Å². The van der Waals surface area contributed by atoms with Gasteiger partial charge in [-0.25, -0.2) is 31.6 Å². The lowest BCUT2D eigenvalue weighted by Crippen LogP contribution is -2.32. The van der Waals surface area contributed by atoms with Gasteiger partial charge < -0.3 is 0 Å². The molecular weight excluding hydrogens is 383 g/mol. The summed E-state index contributed by atoms with van der Waals surface area (Å²) in [5.74, 6) is 0.106. The maximum atomic E-state index is 13.7. The van der Waals surface area contributed by atoms with Crippen LogP contribution in [-0.2, 0) is 16.6 Å². The van der Waals surface area contributed by atoms with Gasteiger partial charge in [0.25, 0.3) is 0 Å². The summed E-state index contributed by atoms with van der Waals surface area (Å²) in [4.78, 5) is 12.4. The van der Waals surface area contributed by atoms with E-state index in [1.807, 2.05) is 30.3 Å². The second-order valence-electron chi connectivity index (χ2n) is 6.64. The number of aromatic nitrogens is 3. The summed E-state index contributed by atoms with van der Waals surface area (Å²) in [5, 5.41) is 4.42. The lowest BCUT2D eigenvalue weighted by atomic mass is 10.3. The van der Waals surface area contributed by atoms with Gasteiger partial charge in [0.05, 0.1) is 12.2 Å². The van der Waals surface area contributed by atoms with Crippen LogP contribution >= 0.6 is 0 Å². The van der Waals surface area contributed by atoms with Crippen molar-refractivity contribution < 1.29 is 12.8 Å². The Bertz CT molecular complexity index is 1150. The molecule has 1 fully saturated rings. The smallest absolute Gasteiger partial charge is 0.247 e. The Morgan fingerprint density at radius 2 is 1.75 bits per heavy atom. The first-order valence-electron chi connectivity index (χ1n) is 8.97. The zero-order chi connectivity index (χ0) is 19.7. The van der Waals surface area contributed by atoms with E-state index in [4.69, 9.17) is 0 Å². The van der Waals surface area contributed by atoms with Crippen molar-refractivity contribution in [1.29, 1.82) is 0 Å². The fourth-order valence-corrected chi connectivity index (χ4v) is 4.12. The minimum atomic E-state index is -4.01. The molecule has 0 radical (unpaired) electrons. The molecule has 9 heteroatoms. The van der Waals surface area contributed by atoms with Gasteiger partial charge in [-0.3, -0.25) is 0 Å². The summed E-state index contributed by atoms with van der Waals surface area (Å²) >= 11 is 0. The second-order valence-corrected chi connectivity index (χ2v) is 8.37. The Balaban J connectivity index is 1.55. The zero-order valence-corrected chi connectivity index (χ0v) is 15.8. The van der Waals surface area contributed by atoms with E-state index in [1.54, 1.807) is 4.57 Å². The molecule has 1 aliphatic rings. The normalized spacial score (nSPS) is 14.3. The number of nitrogens with one attached hydrogen (secondary N) is 1. The third-order valence-electron chi connectivity index (χ3n) is 4.56. The third-order valence-corrected chi connectivity index (χ3v) is 6.06. The van der Waals surface area contributed by atoms with Gasteiger partial charge in [-0.05, 0) is 37.1 Å². The summed E-state index contributed by atoms with van der Waals surface area (Å²) in [6.07, 6.45) is 1.95. The molecule has 28 heavy (non-hydrogen) atoms. The SMILES string of the molecule is O=c1n(CCNS(=O)(=O)c2ccccc2F)nc(C2CC2)n1-c1ccccc1. The van der Waals surface area contributed by atoms with E-state index >= 15 is 0 Å². The highest BCUT2D eigenvalue weighted by Gasteiger charge is 2.31. The molecule has 0 atom stereocenters. The molecule has 1 heterocycles. The molecule has 0 unspecified atom stereocenters. The van der Waals surface area contributed by atoms with E-state index in [2.05, 4.69) is 9.82 Å². The predicted octanol–water partition coefficient (Wildman–Crippen LogP) is 2.03. The number of hydrogen-bond acceptors (Lipinski definition) is 4. The molecule has 1 saturated carbocycles. The molecule has 1 aromatic heterocycles. The van der Waals surface area contributed by atoms with Gasteiger partial charge in [0, 0.05) is 12.5 Å². The van der Waals surface area contributed by atoms with Crippen LogP contribution < -0.4 is 10.4 Å². The van der Waals surface area contributed by atoms with Gasteiger partial charge in [0.15, 0.2) is 0 Å². The van der Waals surface area contributed by atoms with E-state index in [0.717, 1.165) is 24.6 Å². The van der Waals surface area contributed by atoms with Crippen LogP contribution in [0.15, 0.2) is 64.3 Å². The highest BCUT2D eigenvalue weighted by Crippen LogP contribution is 2.39. The van der Waals surface area contributed by atoms with Crippen LogP contribution in [0.5, 0.6) is 0 Å². The van der Waals surface area contributed by atoms with Crippen molar-refractivity contribution in [3.8, 4) is 5.69 Å². The maximum Gasteiger partial charge on any atom is 0.350 e. The minimum absolute atomic E-state index is 0.0477. The van der Waals surface area contributed by atoms with Crippen LogP contribution in [0.2, 0.25) is 0 Å². The Kier molecular flexibility index (Phi) is 4.86. The molecule has 0 saturated heterocycles. The van der Waals surface area contributed by atoms with E-state index in [9.17, 15) is 17.6 Å². The van der Waals surface area contributed by atoms with Crippen molar-refractivity contribution in [3.05, 3.63) is 76.7 Å². The van der Waals surface area contributed by atoms with Gasteiger partial charge in [-0.1, -0.05) is 30.3 Å². The second kappa shape index (κ2) is 7.33. The lowest BCUT2D eigenvalue weighted by Gasteiger charge is -2.07. The average molecular weight is 402 g/mol. The van der Waals surface area contributed by atoms with Crippen molar-refractivity contribution >= 4 is 10.0 Å². The van der Waals surface area contributed by atoms with Gasteiger partial charge in [-0.15, -0.1) is 0 Å². The maximum absolute atomic E-state index is 13.7. The van der Waals surface area contributed by atoms with E-state index < -0.39 is 20.7 Å². The standard InChI is InChI=1S/C19H19FN4O3S/c20-16-8-4-5-9-17(16)28(26,27)21-12-13-23-19(25)24(15-6-2-1-3-7-15)18(22-23)14-10-11-14/h1-9,14,21H,10-13H2.